The van der Waals surface area contributed by atoms with Crippen LogP contribution in [0.3, 0.4) is 0 Å². The number of hydroxylamine groups is 1. The van der Waals surface area contributed by atoms with E-state index in [1.807, 2.05) is 63.2 Å². The van der Waals surface area contributed by atoms with Gasteiger partial charge < -0.3 is 4.74 Å². The first-order valence-electron chi connectivity index (χ1n) is 11.7. The molecule has 2 amide bonds. The number of anilines is 2. The number of aryl methyl sites for hydroxylation is 2. The van der Waals surface area contributed by atoms with Gasteiger partial charge in [-0.15, -0.1) is 0 Å². The average Bonchev–Trinajstić information content (AvgIpc) is 3.35. The summed E-state index contributed by atoms with van der Waals surface area (Å²) in [5.74, 6) is -0.527. The summed E-state index contributed by atoms with van der Waals surface area (Å²) in [6, 6.07) is 22.5. The number of imide groups is 1. The Bertz CT molecular complexity index is 1210. The lowest BCUT2D eigenvalue weighted by Gasteiger charge is -2.29. The van der Waals surface area contributed by atoms with E-state index in [0.717, 1.165) is 28.8 Å². The Morgan fingerprint density at radius 1 is 0.882 bits per heavy atom. The van der Waals surface area contributed by atoms with Crippen LogP contribution in [0, 0.1) is 19.8 Å². The molecule has 174 valence electrons. The molecule has 5 rings (SSSR count). The van der Waals surface area contributed by atoms with Crippen molar-refractivity contribution in [3.8, 4) is 5.75 Å². The van der Waals surface area contributed by atoms with E-state index in [9.17, 15) is 9.59 Å². The molecule has 6 nitrogen and oxygen atoms in total. The quantitative estimate of drug-likeness (QED) is 0.481. The van der Waals surface area contributed by atoms with Crippen molar-refractivity contribution in [1.82, 2.24) is 0 Å². The van der Waals surface area contributed by atoms with Gasteiger partial charge in [-0.05, 0) is 67.8 Å². The molecule has 2 saturated heterocycles. The Kier molecular flexibility index (Phi) is 5.84. The van der Waals surface area contributed by atoms with Crippen molar-refractivity contribution in [2.75, 3.05) is 16.6 Å². The Hall–Kier alpha value is -3.64. The van der Waals surface area contributed by atoms with Crippen LogP contribution in [0.1, 0.15) is 36.1 Å². The molecule has 0 aromatic heterocycles. The van der Waals surface area contributed by atoms with E-state index in [-0.39, 0.29) is 11.8 Å². The third kappa shape index (κ3) is 3.74. The summed E-state index contributed by atoms with van der Waals surface area (Å²) in [7, 11) is 0. The lowest BCUT2D eigenvalue weighted by Crippen LogP contribution is -2.37. The molecule has 0 N–H and O–H groups in total. The minimum absolute atomic E-state index is 0.249. The van der Waals surface area contributed by atoms with Gasteiger partial charge in [0.1, 0.15) is 11.7 Å². The van der Waals surface area contributed by atoms with E-state index in [1.165, 1.54) is 4.90 Å². The van der Waals surface area contributed by atoms with Crippen molar-refractivity contribution in [1.29, 1.82) is 0 Å². The first-order chi connectivity index (χ1) is 16.5. The Morgan fingerprint density at radius 2 is 1.62 bits per heavy atom. The number of nitrogens with zero attached hydrogens (tertiary/aromatic N) is 2. The Balaban J connectivity index is 1.52. The smallest absolute Gasteiger partial charge is 0.266 e. The highest BCUT2D eigenvalue weighted by molar-refractivity contribution is 6.24. The summed E-state index contributed by atoms with van der Waals surface area (Å²) < 4.78 is 5.64. The van der Waals surface area contributed by atoms with Gasteiger partial charge in [0, 0.05) is 0 Å². The zero-order valence-electron chi connectivity index (χ0n) is 19.6. The van der Waals surface area contributed by atoms with Crippen molar-refractivity contribution in [2.24, 2.45) is 5.92 Å². The van der Waals surface area contributed by atoms with E-state index in [1.54, 1.807) is 29.3 Å². The molecule has 2 aliphatic rings. The third-order valence-electron chi connectivity index (χ3n) is 6.44. The van der Waals surface area contributed by atoms with Crippen molar-refractivity contribution in [3.63, 3.8) is 0 Å². The van der Waals surface area contributed by atoms with Gasteiger partial charge >= 0.3 is 0 Å². The monoisotopic (exact) mass is 456 g/mol. The molecule has 2 fully saturated rings. The minimum atomic E-state index is -0.880. The molecular weight excluding hydrogens is 428 g/mol. The average molecular weight is 457 g/mol. The Morgan fingerprint density at radius 3 is 2.29 bits per heavy atom. The first-order valence-corrected chi connectivity index (χ1v) is 11.7. The van der Waals surface area contributed by atoms with E-state index in [4.69, 9.17) is 9.57 Å². The van der Waals surface area contributed by atoms with Crippen molar-refractivity contribution in [2.45, 2.75) is 39.3 Å². The lowest BCUT2D eigenvalue weighted by atomic mass is 9.87. The van der Waals surface area contributed by atoms with Crippen molar-refractivity contribution < 1.29 is 19.2 Å². The minimum Gasteiger partial charge on any atom is -0.494 e. The second-order valence-corrected chi connectivity index (χ2v) is 8.87. The predicted octanol–water partition coefficient (Wildman–Crippen LogP) is 5.14. The number of benzene rings is 3. The molecule has 3 aromatic rings. The molecule has 0 saturated carbocycles. The molecule has 0 unspecified atom stereocenters. The van der Waals surface area contributed by atoms with Crippen LogP contribution < -0.4 is 14.7 Å². The van der Waals surface area contributed by atoms with Gasteiger partial charge in [-0.1, -0.05) is 48.9 Å². The summed E-state index contributed by atoms with van der Waals surface area (Å²) in [6.45, 7) is 6.73. The molecule has 0 radical (unpaired) electrons. The zero-order chi connectivity index (χ0) is 23.8. The van der Waals surface area contributed by atoms with Crippen LogP contribution in [-0.4, -0.2) is 24.5 Å². The van der Waals surface area contributed by atoms with Crippen LogP contribution in [0.25, 0.3) is 0 Å². The van der Waals surface area contributed by atoms with Gasteiger partial charge in [-0.25, -0.2) is 9.96 Å². The van der Waals surface area contributed by atoms with Gasteiger partial charge in [0.15, 0.2) is 6.10 Å². The highest BCUT2D eigenvalue weighted by atomic mass is 16.7. The first kappa shape index (κ1) is 22.2. The largest absolute Gasteiger partial charge is 0.494 e. The predicted molar refractivity (Wildman–Crippen MR) is 131 cm³/mol. The number of carbonyl (C=O) groups excluding carboxylic acids is 2. The zero-order valence-corrected chi connectivity index (χ0v) is 19.6. The molecule has 2 heterocycles. The van der Waals surface area contributed by atoms with Crippen molar-refractivity contribution in [3.05, 3.63) is 89.5 Å². The maximum atomic E-state index is 13.8. The maximum absolute atomic E-state index is 13.8. The summed E-state index contributed by atoms with van der Waals surface area (Å²) >= 11 is 0. The van der Waals surface area contributed by atoms with Crippen LogP contribution in [0.15, 0.2) is 72.8 Å². The fourth-order valence-electron chi connectivity index (χ4n) is 4.85. The Labute approximate surface area is 199 Å². The van der Waals surface area contributed by atoms with Crippen LogP contribution >= 0.6 is 0 Å². The molecule has 34 heavy (non-hydrogen) atoms. The highest BCUT2D eigenvalue weighted by Gasteiger charge is 2.60. The molecule has 0 bridgehead atoms. The SMILES string of the molecule is CCCOc1ccc(N2C(=O)[C@H]3[C@@H](c4ccc(C)cc4C)N(c4ccccc4)O[C@H]3C2=O)cc1. The van der Waals surface area contributed by atoms with Crippen molar-refractivity contribution >= 4 is 23.2 Å². The number of carbonyl (C=O) groups is 2. The van der Waals surface area contributed by atoms with E-state index < -0.39 is 18.1 Å². The molecular formula is C28H28N2O4. The molecule has 2 aliphatic heterocycles. The van der Waals surface area contributed by atoms with Crippen LogP contribution in [-0.2, 0) is 14.4 Å². The van der Waals surface area contributed by atoms with Crippen LogP contribution in [0.5, 0.6) is 5.75 Å². The number of para-hydroxylation sites is 1. The number of hydrogen-bond acceptors (Lipinski definition) is 5. The second-order valence-electron chi connectivity index (χ2n) is 8.87. The number of ether oxygens (including phenoxy) is 1. The standard InChI is InChI=1S/C28H28N2O4/c1-4-16-33-22-13-11-20(12-14-22)29-27(31)24-25(23-15-10-18(2)17-19(23)3)30(34-26(24)28(29)32)21-8-6-5-7-9-21/h5-15,17,24-26H,4,16H2,1-3H3/t24-,25+,26+/m0/s1. The highest BCUT2D eigenvalue weighted by Crippen LogP contribution is 2.48. The van der Waals surface area contributed by atoms with E-state index in [0.29, 0.717) is 18.0 Å². The van der Waals surface area contributed by atoms with Gasteiger partial charge in [0.05, 0.1) is 24.0 Å². The second kappa shape index (κ2) is 8.95. The normalized spacial score (nSPS) is 21.8. The third-order valence-corrected chi connectivity index (χ3v) is 6.44. The number of amides is 2. The molecule has 3 atom stereocenters. The van der Waals surface area contributed by atoms with Crippen LogP contribution in [0.4, 0.5) is 11.4 Å². The van der Waals surface area contributed by atoms with E-state index in [2.05, 4.69) is 6.07 Å². The summed E-state index contributed by atoms with van der Waals surface area (Å²) in [5.41, 5.74) is 4.53. The molecule has 3 aromatic carbocycles. The summed E-state index contributed by atoms with van der Waals surface area (Å²) in [6.07, 6.45) is 0.0259. The fourth-order valence-corrected chi connectivity index (χ4v) is 4.85. The molecule has 0 aliphatic carbocycles. The topological polar surface area (TPSA) is 59.1 Å². The molecule has 6 heteroatoms. The van der Waals surface area contributed by atoms with Gasteiger partial charge in [-0.2, -0.15) is 0 Å². The summed E-state index contributed by atoms with van der Waals surface area (Å²) in [4.78, 5) is 34.7. The van der Waals surface area contributed by atoms with Gasteiger partial charge in [-0.3, -0.25) is 14.4 Å². The number of fused-ring (bicyclic) bond motifs is 1. The van der Waals surface area contributed by atoms with Gasteiger partial charge in [0.25, 0.3) is 5.91 Å². The number of hydrogen-bond donors (Lipinski definition) is 0. The summed E-state index contributed by atoms with van der Waals surface area (Å²) in [5, 5.41) is 1.74. The van der Waals surface area contributed by atoms with Crippen LogP contribution in [0.2, 0.25) is 0 Å². The van der Waals surface area contributed by atoms with Gasteiger partial charge in [0.2, 0.25) is 5.91 Å². The fraction of sp³-hybridized carbons (Fsp3) is 0.286. The maximum Gasteiger partial charge on any atom is 0.266 e. The number of rotatable bonds is 6. The molecule has 0 spiro atoms. The lowest BCUT2D eigenvalue weighted by molar-refractivity contribution is -0.126. The van der Waals surface area contributed by atoms with E-state index >= 15 is 0 Å².